The van der Waals surface area contributed by atoms with Crippen molar-refractivity contribution in [1.82, 2.24) is 0 Å². The van der Waals surface area contributed by atoms with Gasteiger partial charge in [0.15, 0.2) is 0 Å². The van der Waals surface area contributed by atoms with E-state index >= 15 is 0 Å². The second kappa shape index (κ2) is 7.29. The van der Waals surface area contributed by atoms with E-state index in [1.165, 1.54) is 70.0 Å². The molecule has 0 amide bonds. The Morgan fingerprint density at radius 3 is 2.71 bits per heavy atom. The first-order chi connectivity index (χ1) is 13.5. The Hall–Kier alpha value is -1.12. The summed E-state index contributed by atoms with van der Waals surface area (Å²) in [6, 6.07) is 6.65. The Balaban J connectivity index is 1.41. The van der Waals surface area contributed by atoms with E-state index in [1.807, 2.05) is 0 Å². The number of hydrogen-bond acceptors (Lipinski definition) is 0. The lowest BCUT2D eigenvalue weighted by Gasteiger charge is -2.30. The molecule has 0 fully saturated rings. The fraction of sp³-hybridized carbons (Fsp3) is 0.385. The van der Waals surface area contributed by atoms with Crippen LogP contribution >= 0.6 is 31.9 Å². The summed E-state index contributed by atoms with van der Waals surface area (Å²) < 4.78 is 1.22. The summed E-state index contributed by atoms with van der Waals surface area (Å²) in [5.41, 5.74) is 13.7. The number of benzene rings is 1. The van der Waals surface area contributed by atoms with E-state index in [9.17, 15) is 0 Å². The number of fused-ring (bicyclic) bond motifs is 2. The van der Waals surface area contributed by atoms with Gasteiger partial charge in [-0.25, -0.2) is 0 Å². The third-order valence-corrected chi connectivity index (χ3v) is 8.74. The lowest BCUT2D eigenvalue weighted by molar-refractivity contribution is 0.667. The van der Waals surface area contributed by atoms with Crippen molar-refractivity contribution in [3.63, 3.8) is 0 Å². The van der Waals surface area contributed by atoms with Crippen molar-refractivity contribution in [2.75, 3.05) is 0 Å². The lowest BCUT2D eigenvalue weighted by atomic mass is 9.79. The van der Waals surface area contributed by atoms with Crippen LogP contribution in [0.5, 0.6) is 0 Å². The first-order valence-electron chi connectivity index (χ1n) is 10.5. The number of halogens is 2. The smallest absolute Gasteiger partial charge is 0.0616 e. The van der Waals surface area contributed by atoms with Crippen molar-refractivity contribution < 1.29 is 0 Å². The molecule has 1 aromatic rings. The molecule has 2 heteroatoms. The van der Waals surface area contributed by atoms with Crippen LogP contribution in [-0.2, 0) is 0 Å². The number of alkyl halides is 1. The van der Waals surface area contributed by atoms with Gasteiger partial charge in [0.2, 0.25) is 0 Å². The molecular formula is C26H26Br2. The minimum Gasteiger partial charge on any atom is -0.0790 e. The van der Waals surface area contributed by atoms with E-state index in [-0.39, 0.29) is 0 Å². The van der Waals surface area contributed by atoms with Gasteiger partial charge in [-0.2, -0.15) is 0 Å². The maximum atomic E-state index is 4.04. The maximum absolute atomic E-state index is 4.04. The fourth-order valence-corrected chi connectivity index (χ4v) is 6.92. The van der Waals surface area contributed by atoms with Gasteiger partial charge >= 0.3 is 0 Å². The van der Waals surface area contributed by atoms with E-state index in [4.69, 9.17) is 0 Å². The van der Waals surface area contributed by atoms with Crippen LogP contribution in [0.4, 0.5) is 0 Å². The van der Waals surface area contributed by atoms with Crippen molar-refractivity contribution in [1.29, 1.82) is 0 Å². The van der Waals surface area contributed by atoms with Crippen molar-refractivity contribution in [2.24, 2.45) is 0 Å². The zero-order valence-electron chi connectivity index (χ0n) is 16.6. The van der Waals surface area contributed by atoms with Gasteiger partial charge in [-0.05, 0) is 103 Å². The molecule has 0 N–H and O–H groups in total. The van der Waals surface area contributed by atoms with Crippen molar-refractivity contribution in [3.8, 4) is 0 Å². The number of rotatable bonds is 3. The Morgan fingerprint density at radius 1 is 1.04 bits per heavy atom. The quantitative estimate of drug-likeness (QED) is 0.367. The van der Waals surface area contributed by atoms with Crippen molar-refractivity contribution in [2.45, 2.75) is 63.1 Å². The minimum atomic E-state index is 0.431. The van der Waals surface area contributed by atoms with Gasteiger partial charge < -0.3 is 0 Å². The Bertz CT molecular complexity index is 1010. The summed E-state index contributed by atoms with van der Waals surface area (Å²) in [6.07, 6.45) is 14.9. The molecule has 0 radical (unpaired) electrons. The van der Waals surface area contributed by atoms with Crippen molar-refractivity contribution >= 4 is 37.9 Å². The largest absolute Gasteiger partial charge is 0.0790 e. The van der Waals surface area contributed by atoms with E-state index in [0.29, 0.717) is 10.7 Å². The van der Waals surface area contributed by atoms with E-state index < -0.39 is 0 Å². The molecule has 144 valence electrons. The van der Waals surface area contributed by atoms with Gasteiger partial charge in [-0.1, -0.05) is 67.8 Å². The Labute approximate surface area is 185 Å². The molecule has 2 atom stereocenters. The zero-order valence-corrected chi connectivity index (χ0v) is 19.8. The van der Waals surface area contributed by atoms with E-state index in [2.05, 4.69) is 82.1 Å². The number of allylic oxidation sites excluding steroid dienone is 9. The molecule has 0 saturated carbocycles. The van der Waals surface area contributed by atoms with Crippen LogP contribution in [-0.4, -0.2) is 4.83 Å². The standard InChI is InChI=1S/C26H26Br2/c1-15-12-23-21(8-5-9-25(23)27)18(15)10-11-19-16(2)13-24-22(19)14-17-6-3-4-7-20(17)26(24)28/h5,8-9,12-14,18,26H,3-4,6-7,10-11H2,1-2H3. The highest BCUT2D eigenvalue weighted by Gasteiger charge is 2.33. The van der Waals surface area contributed by atoms with Crippen LogP contribution in [0.1, 0.15) is 69.4 Å². The second-order valence-electron chi connectivity index (χ2n) is 8.66. The molecule has 1 aromatic carbocycles. The molecule has 0 spiro atoms. The average molecular weight is 498 g/mol. The minimum absolute atomic E-state index is 0.431. The topological polar surface area (TPSA) is 0 Å². The third kappa shape index (κ3) is 2.99. The molecule has 0 aliphatic heterocycles. The summed E-state index contributed by atoms with van der Waals surface area (Å²) in [5, 5.41) is 0. The summed E-state index contributed by atoms with van der Waals surface area (Å²) in [5.74, 6) is 0.547. The van der Waals surface area contributed by atoms with Gasteiger partial charge in [-0.15, -0.1) is 0 Å². The van der Waals surface area contributed by atoms with Gasteiger partial charge in [0.25, 0.3) is 0 Å². The lowest BCUT2D eigenvalue weighted by Crippen LogP contribution is -2.17. The predicted molar refractivity (Wildman–Crippen MR) is 127 cm³/mol. The average Bonchev–Trinajstić information content (AvgIpc) is 3.18. The van der Waals surface area contributed by atoms with E-state index in [1.54, 1.807) is 16.7 Å². The molecule has 0 heterocycles. The SMILES string of the molecule is CC1=Cc2c(Br)cccc2C1CCC1=C(C)C=C2C1=CC1=C(CCCC1)C2Br. The van der Waals surface area contributed by atoms with Gasteiger partial charge in [0, 0.05) is 10.4 Å². The molecule has 28 heavy (non-hydrogen) atoms. The highest BCUT2D eigenvalue weighted by Crippen LogP contribution is 2.49. The molecule has 0 nitrogen and oxygen atoms in total. The summed E-state index contributed by atoms with van der Waals surface area (Å²) >= 11 is 7.77. The van der Waals surface area contributed by atoms with Gasteiger partial charge in [-0.3, -0.25) is 0 Å². The maximum Gasteiger partial charge on any atom is 0.0616 e. The zero-order chi connectivity index (χ0) is 19.4. The molecule has 0 aromatic heterocycles. The Morgan fingerprint density at radius 2 is 1.86 bits per heavy atom. The first kappa shape index (κ1) is 18.9. The van der Waals surface area contributed by atoms with Crippen LogP contribution in [0.15, 0.2) is 73.8 Å². The summed E-state index contributed by atoms with van der Waals surface area (Å²) in [7, 11) is 0. The Kier molecular flexibility index (Phi) is 4.92. The predicted octanol–water partition coefficient (Wildman–Crippen LogP) is 8.56. The monoisotopic (exact) mass is 496 g/mol. The van der Waals surface area contributed by atoms with Gasteiger partial charge in [0.1, 0.15) is 0 Å². The molecule has 0 bridgehead atoms. The second-order valence-corrected chi connectivity index (χ2v) is 10.4. The summed E-state index contributed by atoms with van der Waals surface area (Å²) in [4.78, 5) is 0.431. The van der Waals surface area contributed by atoms with Crippen LogP contribution in [0, 0.1) is 0 Å². The van der Waals surface area contributed by atoms with E-state index in [0.717, 1.165) is 6.42 Å². The van der Waals surface area contributed by atoms with Crippen molar-refractivity contribution in [3.05, 3.63) is 85.0 Å². The number of hydrogen-bond donors (Lipinski definition) is 0. The highest BCUT2D eigenvalue weighted by atomic mass is 79.9. The molecule has 2 unspecified atom stereocenters. The molecule has 0 saturated heterocycles. The van der Waals surface area contributed by atoms with Crippen LogP contribution in [0.3, 0.4) is 0 Å². The third-order valence-electron chi connectivity index (χ3n) is 7.00. The van der Waals surface area contributed by atoms with Crippen LogP contribution < -0.4 is 0 Å². The molecular weight excluding hydrogens is 472 g/mol. The van der Waals surface area contributed by atoms with Crippen LogP contribution in [0.2, 0.25) is 0 Å². The highest BCUT2D eigenvalue weighted by molar-refractivity contribution is 9.10. The summed E-state index contributed by atoms with van der Waals surface area (Å²) in [6.45, 7) is 4.60. The molecule has 4 aliphatic rings. The first-order valence-corrected chi connectivity index (χ1v) is 12.2. The van der Waals surface area contributed by atoms with Crippen LogP contribution in [0.25, 0.3) is 6.08 Å². The normalized spacial score (nSPS) is 25.9. The molecule has 4 aliphatic carbocycles. The fourth-order valence-electron chi connectivity index (χ4n) is 5.52. The molecule has 5 rings (SSSR count). The van der Waals surface area contributed by atoms with Gasteiger partial charge in [0.05, 0.1) is 4.83 Å².